The van der Waals surface area contributed by atoms with Gasteiger partial charge in [0, 0.05) is 17.8 Å². The van der Waals surface area contributed by atoms with Crippen molar-refractivity contribution in [2.45, 2.75) is 43.8 Å². The molecule has 0 atom stereocenters. The number of quaternary nitrogens is 1. The summed E-state index contributed by atoms with van der Waals surface area (Å²) in [6, 6.07) is 2.14. The first-order valence-electron chi connectivity index (χ1n) is 8.45. The fourth-order valence-electron chi connectivity index (χ4n) is 3.21. The molecule has 1 aliphatic carbocycles. The van der Waals surface area contributed by atoms with Gasteiger partial charge in [-0.3, -0.25) is 9.36 Å². The minimum atomic E-state index is 0.0913. The lowest BCUT2D eigenvalue weighted by Gasteiger charge is -2.13. The molecular formula is C17H23N4OS2+. The van der Waals surface area contributed by atoms with E-state index in [1.54, 1.807) is 15.9 Å². The molecule has 2 aromatic rings. The van der Waals surface area contributed by atoms with Crippen LogP contribution in [0.15, 0.2) is 9.95 Å². The molecule has 0 bridgehead atoms. The number of fused-ring (bicyclic) bond motifs is 3. The highest BCUT2D eigenvalue weighted by Gasteiger charge is 2.22. The predicted octanol–water partition coefficient (Wildman–Crippen LogP) is 1.49. The largest absolute Gasteiger partial charge is 0.340 e. The minimum absolute atomic E-state index is 0.0913. The third-order valence-electron chi connectivity index (χ3n) is 4.36. The van der Waals surface area contributed by atoms with Gasteiger partial charge in [-0.15, -0.1) is 11.3 Å². The Balaban J connectivity index is 2.05. The second-order valence-corrected chi connectivity index (χ2v) is 8.53. The zero-order chi connectivity index (χ0) is 17.1. The molecule has 1 aliphatic rings. The summed E-state index contributed by atoms with van der Waals surface area (Å²) in [7, 11) is 4.23. The van der Waals surface area contributed by atoms with Gasteiger partial charge in [-0.2, -0.15) is 5.26 Å². The molecule has 2 heterocycles. The van der Waals surface area contributed by atoms with E-state index < -0.39 is 0 Å². The number of nitrogens with one attached hydrogen (secondary N) is 1. The van der Waals surface area contributed by atoms with Gasteiger partial charge in [-0.1, -0.05) is 11.8 Å². The molecule has 2 aromatic heterocycles. The van der Waals surface area contributed by atoms with Gasteiger partial charge >= 0.3 is 0 Å². The van der Waals surface area contributed by atoms with Gasteiger partial charge in [-0.25, -0.2) is 4.98 Å². The standard InChI is InChI=1S/C17H22N4OS2/c1-20(2)9-5-10-21-16(22)14-12-6-3-4-7-13(12)24-15(14)19-17(21)23-11-8-18/h3-7,9-11H2,1-2H3/p+1. The van der Waals surface area contributed by atoms with Gasteiger partial charge in [0.15, 0.2) is 5.16 Å². The fourth-order valence-corrected chi connectivity index (χ4v) is 5.20. The lowest BCUT2D eigenvalue weighted by Crippen LogP contribution is -3.05. The molecule has 1 N–H and O–H groups in total. The number of thioether (sulfide) groups is 1. The molecule has 0 radical (unpaired) electrons. The lowest BCUT2D eigenvalue weighted by atomic mass is 9.97. The first-order valence-corrected chi connectivity index (χ1v) is 10.3. The Bertz CT molecular complexity index is 832. The van der Waals surface area contributed by atoms with E-state index in [4.69, 9.17) is 10.2 Å². The number of thiophene rings is 1. The first-order chi connectivity index (χ1) is 11.6. The summed E-state index contributed by atoms with van der Waals surface area (Å²) in [5, 5.41) is 10.4. The summed E-state index contributed by atoms with van der Waals surface area (Å²) in [5.41, 5.74) is 1.33. The molecule has 0 saturated heterocycles. The molecule has 0 saturated carbocycles. The summed E-state index contributed by atoms with van der Waals surface area (Å²) in [5.74, 6) is 0.321. The SMILES string of the molecule is C[NH+](C)CCCn1c(SCC#N)nc2sc3c(c2c1=O)CCCC3. The van der Waals surface area contributed by atoms with Crippen LogP contribution in [0, 0.1) is 11.3 Å². The van der Waals surface area contributed by atoms with Gasteiger partial charge in [-0.05, 0) is 31.2 Å². The smallest absolute Gasteiger partial charge is 0.263 e. The summed E-state index contributed by atoms with van der Waals surface area (Å²) in [4.78, 5) is 21.5. The predicted molar refractivity (Wildman–Crippen MR) is 99.2 cm³/mol. The van der Waals surface area contributed by atoms with Crippen molar-refractivity contribution >= 4 is 33.3 Å². The number of rotatable bonds is 6. The van der Waals surface area contributed by atoms with Crippen LogP contribution in [-0.2, 0) is 19.4 Å². The summed E-state index contributed by atoms with van der Waals surface area (Å²) in [6.07, 6.45) is 5.37. The zero-order valence-electron chi connectivity index (χ0n) is 14.2. The van der Waals surface area contributed by atoms with Gasteiger partial charge in [0.25, 0.3) is 5.56 Å². The van der Waals surface area contributed by atoms with E-state index in [9.17, 15) is 4.79 Å². The van der Waals surface area contributed by atoms with Crippen molar-refractivity contribution in [1.29, 1.82) is 5.26 Å². The van der Waals surface area contributed by atoms with Crippen LogP contribution in [0.25, 0.3) is 10.2 Å². The van der Waals surface area contributed by atoms with Crippen molar-refractivity contribution in [2.24, 2.45) is 0 Å². The van der Waals surface area contributed by atoms with E-state index in [0.29, 0.717) is 17.5 Å². The van der Waals surface area contributed by atoms with Crippen LogP contribution in [0.1, 0.15) is 29.7 Å². The number of aryl methyl sites for hydroxylation is 2. The van der Waals surface area contributed by atoms with E-state index in [1.165, 1.54) is 33.5 Å². The lowest BCUT2D eigenvalue weighted by molar-refractivity contribution is -0.858. The Morgan fingerprint density at radius 3 is 2.92 bits per heavy atom. The summed E-state index contributed by atoms with van der Waals surface area (Å²) < 4.78 is 1.80. The maximum absolute atomic E-state index is 13.1. The van der Waals surface area contributed by atoms with E-state index >= 15 is 0 Å². The molecule has 3 rings (SSSR count). The molecule has 0 aliphatic heterocycles. The average Bonchev–Trinajstić information content (AvgIpc) is 2.93. The Hall–Kier alpha value is -1.36. The van der Waals surface area contributed by atoms with Gasteiger partial charge in [0.1, 0.15) is 4.83 Å². The van der Waals surface area contributed by atoms with Crippen molar-refractivity contribution in [3.63, 3.8) is 0 Å². The second-order valence-electron chi connectivity index (χ2n) is 6.50. The highest BCUT2D eigenvalue weighted by molar-refractivity contribution is 7.99. The van der Waals surface area contributed by atoms with Crippen LogP contribution in [0.2, 0.25) is 0 Å². The van der Waals surface area contributed by atoms with Crippen molar-refractivity contribution in [3.8, 4) is 6.07 Å². The number of hydrogen-bond donors (Lipinski definition) is 1. The van der Waals surface area contributed by atoms with Crippen LogP contribution in [0.5, 0.6) is 0 Å². The number of nitriles is 1. The topological polar surface area (TPSA) is 63.1 Å². The highest BCUT2D eigenvalue weighted by atomic mass is 32.2. The van der Waals surface area contributed by atoms with Crippen molar-refractivity contribution in [2.75, 3.05) is 26.4 Å². The monoisotopic (exact) mass is 363 g/mol. The van der Waals surface area contributed by atoms with Gasteiger partial charge in [0.05, 0.1) is 37.8 Å². The molecule has 0 aromatic carbocycles. The van der Waals surface area contributed by atoms with Crippen LogP contribution in [0.3, 0.4) is 0 Å². The van der Waals surface area contributed by atoms with Crippen LogP contribution in [-0.4, -0.2) is 35.9 Å². The quantitative estimate of drug-likeness (QED) is 0.624. The van der Waals surface area contributed by atoms with Crippen LogP contribution in [0.4, 0.5) is 0 Å². The van der Waals surface area contributed by atoms with Crippen molar-refractivity contribution < 1.29 is 4.90 Å². The third kappa shape index (κ3) is 3.51. The molecule has 7 heteroatoms. The van der Waals surface area contributed by atoms with Crippen LogP contribution < -0.4 is 10.5 Å². The van der Waals surface area contributed by atoms with E-state index in [0.717, 1.165) is 42.4 Å². The second kappa shape index (κ2) is 7.68. The fraction of sp³-hybridized carbons (Fsp3) is 0.588. The Morgan fingerprint density at radius 1 is 1.38 bits per heavy atom. The minimum Gasteiger partial charge on any atom is -0.340 e. The average molecular weight is 364 g/mol. The molecule has 0 unspecified atom stereocenters. The van der Waals surface area contributed by atoms with Gasteiger partial charge < -0.3 is 4.90 Å². The molecule has 0 spiro atoms. The molecule has 24 heavy (non-hydrogen) atoms. The summed E-state index contributed by atoms with van der Waals surface area (Å²) in [6.45, 7) is 1.68. The van der Waals surface area contributed by atoms with E-state index in [2.05, 4.69) is 20.2 Å². The van der Waals surface area contributed by atoms with Crippen molar-refractivity contribution in [3.05, 3.63) is 20.8 Å². The van der Waals surface area contributed by atoms with Gasteiger partial charge in [0.2, 0.25) is 0 Å². The third-order valence-corrected chi connectivity index (χ3v) is 6.39. The van der Waals surface area contributed by atoms with Crippen LogP contribution >= 0.6 is 23.1 Å². The normalized spacial score (nSPS) is 14.1. The maximum Gasteiger partial charge on any atom is 0.263 e. The Morgan fingerprint density at radius 2 is 2.17 bits per heavy atom. The molecule has 0 fully saturated rings. The van der Waals surface area contributed by atoms with E-state index in [-0.39, 0.29) is 5.56 Å². The number of aromatic nitrogens is 2. The molecule has 0 amide bonds. The highest BCUT2D eigenvalue weighted by Crippen LogP contribution is 2.34. The maximum atomic E-state index is 13.1. The van der Waals surface area contributed by atoms with E-state index in [1.807, 2.05) is 0 Å². The van der Waals surface area contributed by atoms with Crippen molar-refractivity contribution in [1.82, 2.24) is 9.55 Å². The molecule has 5 nitrogen and oxygen atoms in total. The first kappa shape index (κ1) is 17.5. The zero-order valence-corrected chi connectivity index (χ0v) is 15.9. The Kier molecular flexibility index (Phi) is 5.59. The molecular weight excluding hydrogens is 340 g/mol. The summed E-state index contributed by atoms with van der Waals surface area (Å²) >= 11 is 3.05. The number of hydrogen-bond acceptors (Lipinski definition) is 5. The molecule has 128 valence electrons. The number of nitrogens with zero attached hydrogens (tertiary/aromatic N) is 3. The Labute approximate surface area is 150 Å².